The third kappa shape index (κ3) is 12.5. The molecule has 0 saturated heterocycles. The van der Waals surface area contributed by atoms with Crippen LogP contribution in [0.5, 0.6) is 6.01 Å². The van der Waals surface area contributed by atoms with Gasteiger partial charge in [0, 0.05) is 30.4 Å². The summed E-state index contributed by atoms with van der Waals surface area (Å²) in [4.78, 5) is 37.4. The molecular weight excluding hydrogens is 584 g/mol. The Morgan fingerprint density at radius 3 is 2.31 bits per heavy atom. The van der Waals surface area contributed by atoms with Gasteiger partial charge in [-0.05, 0) is 39.4 Å². The summed E-state index contributed by atoms with van der Waals surface area (Å²) in [7, 11) is 3.12. The Morgan fingerprint density at radius 1 is 1.12 bits per heavy atom. The summed E-state index contributed by atoms with van der Waals surface area (Å²) in [6.45, 7) is 14.8. The normalized spacial score (nSPS) is 11.4. The van der Waals surface area contributed by atoms with Gasteiger partial charge in [-0.2, -0.15) is 9.97 Å². The van der Waals surface area contributed by atoms with Crippen molar-refractivity contribution in [3.8, 4) is 17.3 Å². The zero-order chi connectivity index (χ0) is 31.0. The fraction of sp³-hybridized carbons (Fsp3) is 0.517. The van der Waals surface area contributed by atoms with Gasteiger partial charge in [0.1, 0.15) is 9.71 Å². The molecule has 2 heterocycles. The zero-order valence-electron chi connectivity index (χ0n) is 26.5. The maximum absolute atomic E-state index is 12.9. The molecule has 2 aromatic heterocycles. The van der Waals surface area contributed by atoms with Crippen LogP contribution in [0.4, 0.5) is 11.4 Å². The number of nitrogens with zero attached hydrogens (tertiary/aromatic N) is 3. The first-order valence-corrected chi connectivity index (χ1v) is 14.2. The number of anilines is 2. The Labute approximate surface area is 295 Å². The van der Waals surface area contributed by atoms with Crippen molar-refractivity contribution in [3.63, 3.8) is 0 Å². The van der Waals surface area contributed by atoms with Crippen LogP contribution in [0.2, 0.25) is 0 Å². The fourth-order valence-corrected chi connectivity index (χ4v) is 4.57. The van der Waals surface area contributed by atoms with E-state index >= 15 is 0 Å². The number of likely N-dealkylation sites (N-methyl/N-ethyl adjacent to an activating group) is 1. The van der Waals surface area contributed by atoms with Gasteiger partial charge >= 0.3 is 57.4 Å². The Kier molecular flexibility index (Phi) is 15.5. The van der Waals surface area contributed by atoms with Crippen LogP contribution in [-0.2, 0) is 9.53 Å². The number of rotatable bonds is 10. The number of ether oxygens (including phenoxy) is 2. The zero-order valence-corrected chi connectivity index (χ0v) is 30.4. The minimum atomic E-state index is -0.750. The van der Waals surface area contributed by atoms with Crippen LogP contribution in [0.3, 0.4) is 0 Å². The van der Waals surface area contributed by atoms with Crippen molar-refractivity contribution in [1.29, 1.82) is 0 Å². The Morgan fingerprint density at radius 2 is 1.76 bits per heavy atom. The number of fused-ring (bicyclic) bond motifs is 1. The Bertz CT molecular complexity index is 1330. The van der Waals surface area contributed by atoms with E-state index in [4.69, 9.17) is 15.2 Å². The number of hydrogen-bond donors (Lipinski definition) is 3. The van der Waals surface area contributed by atoms with E-state index in [-0.39, 0.29) is 75.8 Å². The average Bonchev–Trinajstić information content (AvgIpc) is 3.20. The van der Waals surface area contributed by atoms with Crippen LogP contribution in [0.15, 0.2) is 24.3 Å². The topological polar surface area (TPSA) is 155 Å². The second-order valence-corrected chi connectivity index (χ2v) is 12.4. The van der Waals surface area contributed by atoms with Crippen molar-refractivity contribution in [2.75, 3.05) is 51.5 Å². The smallest absolute Gasteiger partial charge is 0.850 e. The average molecular weight is 627 g/mol. The van der Waals surface area contributed by atoms with E-state index < -0.39 is 11.1 Å². The Balaban J connectivity index is 0.00000135. The van der Waals surface area contributed by atoms with Crippen LogP contribution in [0.1, 0.15) is 58.1 Å². The minimum Gasteiger partial charge on any atom is -0.850 e. The quantitative estimate of drug-likeness (QED) is 0.274. The number of aromatic nitrogens is 2. The monoisotopic (exact) mass is 626 g/mol. The van der Waals surface area contributed by atoms with Crippen LogP contribution in [0, 0.1) is 0 Å². The summed E-state index contributed by atoms with van der Waals surface area (Å²) in [6.07, 6.45) is 0. The van der Waals surface area contributed by atoms with Crippen molar-refractivity contribution in [1.82, 2.24) is 20.2 Å². The largest absolute Gasteiger partial charge is 1.00 e. The van der Waals surface area contributed by atoms with Gasteiger partial charge in [-0.25, -0.2) is 0 Å². The van der Waals surface area contributed by atoms with E-state index in [0.717, 1.165) is 6.54 Å². The molecule has 11 nitrogen and oxygen atoms in total. The van der Waals surface area contributed by atoms with E-state index in [9.17, 15) is 14.7 Å². The third-order valence-electron chi connectivity index (χ3n) is 5.29. The number of amides is 2. The number of hydrogen-bond acceptors (Lipinski definition) is 10. The SMILES string of the molecule is CC(C)(C)[O-].CCN(CCOC)CC(=O)Nc1cccc(-c2nc(OC)nc3sc(C(=O)NC(C)(C)C)c(N)c23)c1.[K+]. The second-order valence-electron chi connectivity index (χ2n) is 11.4. The second kappa shape index (κ2) is 17.0. The molecule has 13 heteroatoms. The maximum Gasteiger partial charge on any atom is 1.00 e. The fourth-order valence-electron chi connectivity index (χ4n) is 3.59. The number of nitrogen functional groups attached to an aromatic ring is 1. The third-order valence-corrected chi connectivity index (χ3v) is 6.39. The maximum atomic E-state index is 12.9. The molecule has 0 bridgehead atoms. The van der Waals surface area contributed by atoms with Gasteiger partial charge in [-0.3, -0.25) is 14.5 Å². The van der Waals surface area contributed by atoms with Gasteiger partial charge in [-0.1, -0.05) is 39.8 Å². The van der Waals surface area contributed by atoms with Gasteiger partial charge in [0.15, 0.2) is 0 Å². The summed E-state index contributed by atoms with van der Waals surface area (Å²) in [6, 6.07) is 7.47. The number of nitrogens with one attached hydrogen (secondary N) is 2. The predicted octanol–water partition coefficient (Wildman–Crippen LogP) is 0.533. The van der Waals surface area contributed by atoms with E-state index in [1.807, 2.05) is 56.9 Å². The first-order valence-electron chi connectivity index (χ1n) is 13.3. The molecule has 0 spiro atoms. The molecule has 0 saturated carbocycles. The summed E-state index contributed by atoms with van der Waals surface area (Å²) in [5.74, 6) is -0.408. The first kappa shape index (κ1) is 38.3. The first-order chi connectivity index (χ1) is 19.1. The van der Waals surface area contributed by atoms with Crippen molar-refractivity contribution in [3.05, 3.63) is 29.1 Å². The predicted molar refractivity (Wildman–Crippen MR) is 163 cm³/mol. The Hall–Kier alpha value is -1.68. The molecule has 0 aliphatic heterocycles. The number of nitrogens with two attached hydrogens (primary N) is 1. The van der Waals surface area contributed by atoms with Crippen molar-refractivity contribution in [2.24, 2.45) is 0 Å². The molecule has 0 atom stereocenters. The molecule has 4 N–H and O–H groups in total. The molecule has 1 aromatic carbocycles. The minimum absolute atomic E-state index is 0. The molecule has 0 aliphatic rings. The molecule has 226 valence electrons. The summed E-state index contributed by atoms with van der Waals surface area (Å²) >= 11 is 1.19. The van der Waals surface area contributed by atoms with Gasteiger partial charge < -0.3 is 30.9 Å². The number of methoxy groups -OCH3 is 2. The molecule has 3 aromatic rings. The molecule has 0 fully saturated rings. The number of benzene rings is 1. The number of carbonyl (C=O) groups excluding carboxylic acids is 2. The van der Waals surface area contributed by atoms with Crippen LogP contribution < -0.4 is 77.6 Å². The summed E-state index contributed by atoms with van der Waals surface area (Å²) < 4.78 is 10.4. The standard InChI is InChI=1S/C25H34N6O4S.C4H9O.K/c1-7-31(11-12-34-5)14-17(32)27-16-10-8-9-15(13-16)20-18-19(26)21(22(33)30-25(2,3)4)36-23(18)29-24(28-20)35-6;1-4(2,3)5;/h8-10,13H,7,11-12,14,26H2,1-6H3,(H,27,32)(H,30,33);1-3H3;/q;-1;+1. The van der Waals surface area contributed by atoms with E-state index in [1.165, 1.54) is 18.4 Å². The van der Waals surface area contributed by atoms with Gasteiger partial charge in [0.05, 0.1) is 37.0 Å². The molecule has 2 amide bonds. The van der Waals surface area contributed by atoms with Gasteiger partial charge in [-0.15, -0.1) is 16.9 Å². The molecule has 3 rings (SSSR count). The van der Waals surface area contributed by atoms with E-state index in [1.54, 1.807) is 27.9 Å². The number of carbonyl (C=O) groups is 2. The van der Waals surface area contributed by atoms with E-state index in [2.05, 4.69) is 20.6 Å². The summed E-state index contributed by atoms with van der Waals surface area (Å²) in [5.41, 5.74) is 7.44. The molecule has 0 radical (unpaired) electrons. The molecular formula is C29H43KN6O5S. The van der Waals surface area contributed by atoms with Crippen molar-refractivity contribution in [2.45, 2.75) is 59.6 Å². The van der Waals surface area contributed by atoms with Crippen LogP contribution in [0.25, 0.3) is 21.5 Å². The van der Waals surface area contributed by atoms with E-state index in [0.29, 0.717) is 50.9 Å². The number of thiophene rings is 1. The van der Waals surface area contributed by atoms with Crippen molar-refractivity contribution < 1.29 is 75.6 Å². The van der Waals surface area contributed by atoms with Gasteiger partial charge in [0.25, 0.3) is 5.91 Å². The van der Waals surface area contributed by atoms with Crippen LogP contribution in [-0.4, -0.2) is 78.3 Å². The molecule has 0 unspecified atom stereocenters. The van der Waals surface area contributed by atoms with Gasteiger partial charge in [0.2, 0.25) is 5.91 Å². The molecule has 42 heavy (non-hydrogen) atoms. The summed E-state index contributed by atoms with van der Waals surface area (Å²) in [5, 5.41) is 16.6. The molecule has 0 aliphatic carbocycles. The van der Waals surface area contributed by atoms with Crippen molar-refractivity contribution >= 4 is 44.7 Å². The van der Waals surface area contributed by atoms with Crippen LogP contribution >= 0.6 is 11.3 Å².